The predicted molar refractivity (Wildman–Crippen MR) is 121 cm³/mol. The van der Waals surface area contributed by atoms with E-state index in [4.69, 9.17) is 11.5 Å². The topological polar surface area (TPSA) is 117 Å². The molecule has 31 heavy (non-hydrogen) atoms. The lowest BCUT2D eigenvalue weighted by Crippen LogP contribution is -2.40. The van der Waals surface area contributed by atoms with Crippen LogP contribution in [-0.2, 0) is 4.79 Å². The van der Waals surface area contributed by atoms with Gasteiger partial charge < -0.3 is 26.9 Å². The van der Waals surface area contributed by atoms with Crippen LogP contribution in [0.3, 0.4) is 0 Å². The third-order valence-electron chi connectivity index (χ3n) is 6.40. The highest BCUT2D eigenvalue weighted by atomic mass is 16.3. The van der Waals surface area contributed by atoms with Gasteiger partial charge in [-0.2, -0.15) is 0 Å². The van der Waals surface area contributed by atoms with Gasteiger partial charge in [-0.3, -0.25) is 4.79 Å². The van der Waals surface area contributed by atoms with Gasteiger partial charge in [-0.15, -0.1) is 0 Å². The molecule has 0 fully saturated rings. The second-order valence-corrected chi connectivity index (χ2v) is 8.31. The number of hydrogen-bond acceptors (Lipinski definition) is 6. The number of aliphatic hydroxyl groups excluding tert-OH is 1. The van der Waals surface area contributed by atoms with Crippen LogP contribution in [0.5, 0.6) is 0 Å². The van der Waals surface area contributed by atoms with Crippen molar-refractivity contribution >= 4 is 5.91 Å². The molecule has 7 heteroatoms. The zero-order chi connectivity index (χ0) is 22.0. The number of hydrogen-bond donors (Lipinski definition) is 5. The van der Waals surface area contributed by atoms with E-state index in [-0.39, 0.29) is 30.6 Å². The first-order valence-electron chi connectivity index (χ1n) is 10.8. The highest BCUT2D eigenvalue weighted by Gasteiger charge is 2.37. The predicted octanol–water partition coefficient (Wildman–Crippen LogP) is 1.45. The molecule has 0 spiro atoms. The molecular formula is C24H31N5O2. The van der Waals surface area contributed by atoms with Crippen molar-refractivity contribution in [3.63, 3.8) is 0 Å². The quantitative estimate of drug-likeness (QED) is 0.462. The SMILES string of the molecule is CCC(N)C(N)c1ccc(C2NNC3=C2CN(C(=O)C(CO)c2ccccc2)C3)cc1. The minimum atomic E-state index is -0.545. The first-order chi connectivity index (χ1) is 15.0. The third-order valence-corrected chi connectivity index (χ3v) is 6.40. The van der Waals surface area contributed by atoms with Gasteiger partial charge in [0.05, 0.1) is 25.1 Å². The molecule has 164 valence electrons. The molecule has 1 amide bonds. The Morgan fingerprint density at radius 3 is 2.45 bits per heavy atom. The fourth-order valence-electron chi connectivity index (χ4n) is 4.37. The average Bonchev–Trinajstić information content (AvgIpc) is 3.40. The molecule has 2 heterocycles. The van der Waals surface area contributed by atoms with Gasteiger partial charge in [0.1, 0.15) is 0 Å². The zero-order valence-electron chi connectivity index (χ0n) is 17.8. The van der Waals surface area contributed by atoms with Crippen molar-refractivity contribution < 1.29 is 9.90 Å². The van der Waals surface area contributed by atoms with E-state index in [1.165, 1.54) is 0 Å². The van der Waals surface area contributed by atoms with Crippen molar-refractivity contribution in [3.8, 4) is 0 Å². The standard InChI is InChI=1S/C24H31N5O2/c1-2-20(25)22(26)16-8-10-17(11-9-16)23-18-12-29(13-21(18)27-28-23)24(31)19(14-30)15-6-4-3-5-7-15/h3-11,19-20,22-23,27-28,30H,2,12-14,25-26H2,1H3. The van der Waals surface area contributed by atoms with Gasteiger partial charge in [0, 0.05) is 24.3 Å². The maximum Gasteiger partial charge on any atom is 0.233 e. The van der Waals surface area contributed by atoms with Crippen molar-refractivity contribution in [3.05, 3.63) is 82.6 Å². The molecule has 2 aliphatic heterocycles. The summed E-state index contributed by atoms with van der Waals surface area (Å²) in [5.41, 5.74) is 24.1. The van der Waals surface area contributed by atoms with Crippen LogP contribution in [0.2, 0.25) is 0 Å². The summed E-state index contributed by atoms with van der Waals surface area (Å²) in [6.07, 6.45) is 0.828. The van der Waals surface area contributed by atoms with Crippen LogP contribution in [0.4, 0.5) is 0 Å². The number of nitrogens with one attached hydrogen (secondary N) is 2. The van der Waals surface area contributed by atoms with Gasteiger partial charge in [-0.25, -0.2) is 5.43 Å². The molecule has 0 radical (unpaired) electrons. The van der Waals surface area contributed by atoms with E-state index >= 15 is 0 Å². The number of nitrogens with zero attached hydrogens (tertiary/aromatic N) is 1. The Kier molecular flexibility index (Phi) is 6.38. The average molecular weight is 422 g/mol. The number of aliphatic hydroxyl groups is 1. The van der Waals surface area contributed by atoms with Gasteiger partial charge in [-0.05, 0) is 28.7 Å². The molecule has 4 unspecified atom stereocenters. The van der Waals surface area contributed by atoms with Crippen LogP contribution < -0.4 is 22.3 Å². The Morgan fingerprint density at radius 1 is 1.10 bits per heavy atom. The van der Waals surface area contributed by atoms with E-state index in [0.717, 1.165) is 34.4 Å². The molecule has 2 aliphatic rings. The highest BCUT2D eigenvalue weighted by Crippen LogP contribution is 2.34. The number of carbonyl (C=O) groups excluding carboxylic acids is 1. The number of amides is 1. The van der Waals surface area contributed by atoms with E-state index < -0.39 is 5.92 Å². The van der Waals surface area contributed by atoms with E-state index in [1.54, 1.807) is 0 Å². The van der Waals surface area contributed by atoms with Crippen LogP contribution in [0, 0.1) is 0 Å². The summed E-state index contributed by atoms with van der Waals surface area (Å²) < 4.78 is 0. The Balaban J connectivity index is 1.46. The molecule has 4 atom stereocenters. The third kappa shape index (κ3) is 4.22. The van der Waals surface area contributed by atoms with Crippen LogP contribution >= 0.6 is 0 Å². The first kappa shape index (κ1) is 21.5. The lowest BCUT2D eigenvalue weighted by atomic mass is 9.94. The first-order valence-corrected chi connectivity index (χ1v) is 10.8. The molecule has 0 saturated carbocycles. The zero-order valence-corrected chi connectivity index (χ0v) is 17.8. The van der Waals surface area contributed by atoms with E-state index in [2.05, 4.69) is 23.0 Å². The smallest absolute Gasteiger partial charge is 0.233 e. The Labute approximate surface area is 183 Å². The Bertz CT molecular complexity index is 944. The lowest BCUT2D eigenvalue weighted by Gasteiger charge is -2.26. The van der Waals surface area contributed by atoms with Crippen molar-refractivity contribution in [1.82, 2.24) is 15.8 Å². The van der Waals surface area contributed by atoms with Gasteiger partial charge >= 0.3 is 0 Å². The molecule has 7 nitrogen and oxygen atoms in total. The normalized spacial score (nSPS) is 20.9. The van der Waals surface area contributed by atoms with Crippen LogP contribution in [0.1, 0.15) is 48.0 Å². The summed E-state index contributed by atoms with van der Waals surface area (Å²) in [4.78, 5) is 14.9. The molecule has 0 bridgehead atoms. The molecule has 2 aromatic rings. The fraction of sp³-hybridized carbons (Fsp3) is 0.375. The van der Waals surface area contributed by atoms with Crippen molar-refractivity contribution in [1.29, 1.82) is 0 Å². The van der Waals surface area contributed by atoms with E-state index in [9.17, 15) is 9.90 Å². The van der Waals surface area contributed by atoms with Gasteiger partial charge in [-0.1, -0.05) is 61.5 Å². The van der Waals surface area contributed by atoms with Crippen molar-refractivity contribution in [2.45, 2.75) is 37.4 Å². The maximum atomic E-state index is 13.1. The largest absolute Gasteiger partial charge is 0.395 e. The maximum absolute atomic E-state index is 13.1. The van der Waals surface area contributed by atoms with Crippen LogP contribution in [0.15, 0.2) is 65.9 Å². The van der Waals surface area contributed by atoms with Crippen LogP contribution in [0.25, 0.3) is 0 Å². The molecule has 0 saturated heterocycles. The summed E-state index contributed by atoms with van der Waals surface area (Å²) >= 11 is 0. The molecule has 7 N–H and O–H groups in total. The molecular weight excluding hydrogens is 390 g/mol. The van der Waals surface area contributed by atoms with E-state index in [0.29, 0.717) is 13.1 Å². The second kappa shape index (κ2) is 9.20. The lowest BCUT2D eigenvalue weighted by molar-refractivity contribution is -0.132. The highest BCUT2D eigenvalue weighted by molar-refractivity contribution is 5.85. The molecule has 0 aromatic heterocycles. The number of nitrogens with two attached hydrogens (primary N) is 2. The van der Waals surface area contributed by atoms with Crippen molar-refractivity contribution in [2.24, 2.45) is 11.5 Å². The Morgan fingerprint density at radius 2 is 1.81 bits per heavy atom. The number of rotatable bonds is 7. The summed E-state index contributed by atoms with van der Waals surface area (Å²) in [5, 5.41) is 9.86. The summed E-state index contributed by atoms with van der Waals surface area (Å²) in [5.74, 6) is -0.602. The second-order valence-electron chi connectivity index (χ2n) is 8.31. The van der Waals surface area contributed by atoms with E-state index in [1.807, 2.05) is 54.3 Å². The van der Waals surface area contributed by atoms with Gasteiger partial charge in [0.25, 0.3) is 0 Å². The Hall–Kier alpha value is -2.71. The summed E-state index contributed by atoms with van der Waals surface area (Å²) in [6, 6.07) is 17.4. The molecule has 0 aliphatic carbocycles. The number of hydrazine groups is 1. The molecule has 4 rings (SSSR count). The fourth-order valence-corrected chi connectivity index (χ4v) is 4.37. The monoisotopic (exact) mass is 421 g/mol. The minimum Gasteiger partial charge on any atom is -0.395 e. The molecule has 2 aromatic carbocycles. The minimum absolute atomic E-state index is 0.0118. The number of benzene rings is 2. The van der Waals surface area contributed by atoms with Crippen molar-refractivity contribution in [2.75, 3.05) is 19.7 Å². The van der Waals surface area contributed by atoms with Gasteiger partial charge in [0.2, 0.25) is 5.91 Å². The summed E-state index contributed by atoms with van der Waals surface area (Å²) in [6.45, 7) is 2.87. The van der Waals surface area contributed by atoms with Gasteiger partial charge in [0.15, 0.2) is 0 Å². The number of carbonyl (C=O) groups is 1. The van der Waals surface area contributed by atoms with Crippen LogP contribution in [-0.4, -0.2) is 41.7 Å². The summed E-state index contributed by atoms with van der Waals surface area (Å²) in [7, 11) is 0.